The van der Waals surface area contributed by atoms with Gasteiger partial charge in [0.25, 0.3) is 0 Å². The van der Waals surface area contributed by atoms with Crippen LogP contribution in [0.4, 0.5) is 0 Å². The molecular weight excluding hydrogens is 428 g/mol. The number of amides is 2. The van der Waals surface area contributed by atoms with E-state index in [2.05, 4.69) is 25.6 Å². The van der Waals surface area contributed by atoms with Gasteiger partial charge in [-0.1, -0.05) is 30.3 Å². The van der Waals surface area contributed by atoms with Gasteiger partial charge in [0, 0.05) is 31.3 Å². The van der Waals surface area contributed by atoms with E-state index in [1.165, 1.54) is 6.33 Å². The van der Waals surface area contributed by atoms with Crippen molar-refractivity contribution in [2.45, 2.75) is 43.8 Å². The highest BCUT2D eigenvalue weighted by Crippen LogP contribution is 2.06. The molecule has 0 saturated carbocycles. The molecule has 2 amide bonds. The average Bonchev–Trinajstić information content (AvgIpc) is 3.28. The molecule has 0 aliphatic carbocycles. The summed E-state index contributed by atoms with van der Waals surface area (Å²) in [6.07, 6.45) is 3.87. The smallest absolute Gasteiger partial charge is 0.326 e. The van der Waals surface area contributed by atoms with Crippen molar-refractivity contribution >= 4 is 23.7 Å². The van der Waals surface area contributed by atoms with Crippen LogP contribution in [-0.2, 0) is 27.2 Å². The molecule has 178 valence electrons. The Morgan fingerprint density at radius 1 is 1.06 bits per heavy atom. The molecule has 0 radical (unpaired) electrons. The molecule has 0 aliphatic heterocycles. The van der Waals surface area contributed by atoms with Crippen LogP contribution in [0.3, 0.4) is 0 Å². The Hall–Kier alpha value is -3.93. The maximum Gasteiger partial charge on any atom is 0.326 e. The van der Waals surface area contributed by atoms with Gasteiger partial charge in [0.05, 0.1) is 12.4 Å². The minimum Gasteiger partial charge on any atom is -0.480 e. The first kappa shape index (κ1) is 25.3. The van der Waals surface area contributed by atoms with Crippen molar-refractivity contribution < 1.29 is 19.5 Å². The number of benzene rings is 1. The second-order valence-electron chi connectivity index (χ2n) is 7.49. The number of aliphatic imine (C=N–C) groups is 1. The highest BCUT2D eigenvalue weighted by molar-refractivity contribution is 5.91. The van der Waals surface area contributed by atoms with Gasteiger partial charge >= 0.3 is 5.97 Å². The van der Waals surface area contributed by atoms with Gasteiger partial charge in [0.1, 0.15) is 12.1 Å². The van der Waals surface area contributed by atoms with Crippen LogP contribution >= 0.6 is 0 Å². The molecule has 1 aromatic carbocycles. The zero-order valence-corrected chi connectivity index (χ0v) is 18.1. The monoisotopic (exact) mass is 458 g/mol. The predicted molar refractivity (Wildman–Crippen MR) is 122 cm³/mol. The Kier molecular flexibility index (Phi) is 9.83. The molecule has 0 saturated heterocycles. The topological polar surface area (TPSA) is 215 Å². The maximum absolute atomic E-state index is 12.9. The number of carbonyl (C=O) groups is 3. The number of H-pyrrole nitrogens is 1. The van der Waals surface area contributed by atoms with Crippen molar-refractivity contribution in [3.63, 3.8) is 0 Å². The van der Waals surface area contributed by atoms with Gasteiger partial charge in [0.15, 0.2) is 5.96 Å². The SMILES string of the molecule is NC(N)=NCCC[C@H](NC(=O)[C@@H](N)Cc1cnc[nH]1)C(=O)N[C@@H](Cc1ccccc1)C(=O)O. The first-order valence-electron chi connectivity index (χ1n) is 10.4. The van der Waals surface area contributed by atoms with E-state index in [4.69, 9.17) is 17.2 Å². The fourth-order valence-electron chi connectivity index (χ4n) is 3.10. The molecule has 12 heteroatoms. The van der Waals surface area contributed by atoms with Crippen LogP contribution in [0.2, 0.25) is 0 Å². The van der Waals surface area contributed by atoms with Crippen LogP contribution in [0.1, 0.15) is 24.1 Å². The number of nitrogens with zero attached hydrogens (tertiary/aromatic N) is 2. The predicted octanol–water partition coefficient (Wildman–Crippen LogP) is -1.37. The standard InChI is InChI=1S/C21H30N8O4/c22-15(10-14-11-25-12-27-14)18(30)28-16(7-4-8-26-21(23)24)19(31)29-17(20(32)33)9-13-5-2-1-3-6-13/h1-3,5-6,11-12,15-17H,4,7-10,22H2,(H,25,27)(H,28,30)(H,29,31)(H,32,33)(H4,23,24,26)/t15-,16-,17-/m0/s1. The number of imidazole rings is 1. The summed E-state index contributed by atoms with van der Waals surface area (Å²) in [6.45, 7) is 0.245. The van der Waals surface area contributed by atoms with Gasteiger partial charge in [-0.2, -0.15) is 0 Å². The largest absolute Gasteiger partial charge is 0.480 e. The quantitative estimate of drug-likeness (QED) is 0.108. The number of carboxylic acid groups (broad SMARTS) is 1. The number of aliphatic carboxylic acids is 1. The second kappa shape index (κ2) is 12.8. The molecule has 2 rings (SSSR count). The molecular formula is C21H30N8O4. The Balaban J connectivity index is 2.05. The third kappa shape index (κ3) is 8.99. The lowest BCUT2D eigenvalue weighted by molar-refractivity contribution is -0.142. The number of carbonyl (C=O) groups excluding carboxylic acids is 2. The summed E-state index contributed by atoms with van der Waals surface area (Å²) < 4.78 is 0. The number of aromatic amines is 1. The molecule has 10 N–H and O–H groups in total. The number of nitrogens with two attached hydrogens (primary N) is 3. The molecule has 0 fully saturated rings. The van der Waals surface area contributed by atoms with Gasteiger partial charge < -0.3 is 37.9 Å². The van der Waals surface area contributed by atoms with Gasteiger partial charge in [-0.3, -0.25) is 14.6 Å². The fourth-order valence-corrected chi connectivity index (χ4v) is 3.10. The summed E-state index contributed by atoms with van der Waals surface area (Å²) in [6, 6.07) is 5.79. The number of guanidine groups is 1. The first-order valence-corrected chi connectivity index (χ1v) is 10.4. The highest BCUT2D eigenvalue weighted by Gasteiger charge is 2.28. The van der Waals surface area contributed by atoms with Crippen molar-refractivity contribution in [2.75, 3.05) is 6.54 Å². The molecule has 12 nitrogen and oxygen atoms in total. The van der Waals surface area contributed by atoms with E-state index >= 15 is 0 Å². The van der Waals surface area contributed by atoms with E-state index in [9.17, 15) is 19.5 Å². The van der Waals surface area contributed by atoms with Gasteiger partial charge in [-0.25, -0.2) is 9.78 Å². The molecule has 2 aromatic rings. The van der Waals surface area contributed by atoms with E-state index < -0.39 is 35.9 Å². The van der Waals surface area contributed by atoms with E-state index in [1.54, 1.807) is 30.5 Å². The Morgan fingerprint density at radius 2 is 1.76 bits per heavy atom. The van der Waals surface area contributed by atoms with Crippen molar-refractivity contribution in [3.05, 3.63) is 54.1 Å². The second-order valence-corrected chi connectivity index (χ2v) is 7.49. The van der Waals surface area contributed by atoms with Crippen molar-refractivity contribution in [1.82, 2.24) is 20.6 Å². The summed E-state index contributed by atoms with van der Waals surface area (Å²) in [4.78, 5) is 47.8. The molecule has 33 heavy (non-hydrogen) atoms. The number of rotatable bonds is 13. The van der Waals surface area contributed by atoms with Crippen LogP contribution in [0.5, 0.6) is 0 Å². The van der Waals surface area contributed by atoms with Crippen LogP contribution in [0, 0.1) is 0 Å². The van der Waals surface area contributed by atoms with Crippen LogP contribution in [-0.4, -0.2) is 63.5 Å². The molecule has 1 heterocycles. The van der Waals surface area contributed by atoms with Crippen molar-refractivity contribution in [1.29, 1.82) is 0 Å². The maximum atomic E-state index is 12.9. The third-order valence-corrected chi connectivity index (χ3v) is 4.81. The Morgan fingerprint density at radius 3 is 2.36 bits per heavy atom. The van der Waals surface area contributed by atoms with Gasteiger partial charge in [-0.05, 0) is 18.4 Å². The Bertz CT molecular complexity index is 929. The molecule has 0 bridgehead atoms. The number of hydrogen-bond acceptors (Lipinski definition) is 6. The molecule has 0 aliphatic rings. The van der Waals surface area contributed by atoms with E-state index in [0.29, 0.717) is 12.1 Å². The third-order valence-electron chi connectivity index (χ3n) is 4.81. The number of nitrogens with one attached hydrogen (secondary N) is 3. The van der Waals surface area contributed by atoms with E-state index in [0.717, 1.165) is 5.56 Å². The zero-order chi connectivity index (χ0) is 24.2. The summed E-state index contributed by atoms with van der Waals surface area (Å²) in [5.74, 6) is -2.46. The van der Waals surface area contributed by atoms with E-state index in [-0.39, 0.29) is 31.8 Å². The van der Waals surface area contributed by atoms with Crippen LogP contribution in [0.15, 0.2) is 47.8 Å². The van der Waals surface area contributed by atoms with E-state index in [1.807, 2.05) is 6.07 Å². The summed E-state index contributed by atoms with van der Waals surface area (Å²) in [5.41, 5.74) is 18.0. The zero-order valence-electron chi connectivity index (χ0n) is 18.1. The lowest BCUT2D eigenvalue weighted by atomic mass is 10.0. The normalized spacial score (nSPS) is 13.4. The number of carboxylic acids is 1. The molecule has 1 aromatic heterocycles. The van der Waals surface area contributed by atoms with Gasteiger partial charge in [-0.15, -0.1) is 0 Å². The van der Waals surface area contributed by atoms with Crippen LogP contribution < -0.4 is 27.8 Å². The minimum atomic E-state index is -1.19. The molecule has 3 atom stereocenters. The highest BCUT2D eigenvalue weighted by atomic mass is 16.4. The molecule has 0 spiro atoms. The lowest BCUT2D eigenvalue weighted by Crippen LogP contribution is -2.55. The summed E-state index contributed by atoms with van der Waals surface area (Å²) in [7, 11) is 0. The fraction of sp³-hybridized carbons (Fsp3) is 0.381. The van der Waals surface area contributed by atoms with Gasteiger partial charge in [0.2, 0.25) is 11.8 Å². The average molecular weight is 459 g/mol. The van der Waals surface area contributed by atoms with Crippen LogP contribution in [0.25, 0.3) is 0 Å². The van der Waals surface area contributed by atoms with Crippen molar-refractivity contribution in [2.24, 2.45) is 22.2 Å². The summed E-state index contributed by atoms with van der Waals surface area (Å²) >= 11 is 0. The minimum absolute atomic E-state index is 0.0876. The number of aromatic nitrogens is 2. The number of hydrogen-bond donors (Lipinski definition) is 7. The lowest BCUT2D eigenvalue weighted by Gasteiger charge is -2.23. The van der Waals surface area contributed by atoms with Crippen molar-refractivity contribution in [3.8, 4) is 0 Å². The Labute approximate surface area is 191 Å². The summed E-state index contributed by atoms with van der Waals surface area (Å²) in [5, 5.41) is 14.7. The first-order chi connectivity index (χ1) is 15.8. The molecule has 0 unspecified atom stereocenters.